The first-order valence-electron chi connectivity index (χ1n) is 15.2. The maximum atomic E-state index is 14.3. The Balaban J connectivity index is 1.49. The second-order valence-corrected chi connectivity index (χ2v) is 12.5. The van der Waals surface area contributed by atoms with Gasteiger partial charge in [-0.2, -0.15) is 0 Å². The van der Waals surface area contributed by atoms with Crippen LogP contribution in [-0.2, 0) is 5.41 Å². The van der Waals surface area contributed by atoms with Crippen molar-refractivity contribution in [1.29, 1.82) is 0 Å². The third-order valence-electron chi connectivity index (χ3n) is 10.0. The van der Waals surface area contributed by atoms with Gasteiger partial charge < -0.3 is 9.13 Å². The number of rotatable bonds is 1. The summed E-state index contributed by atoms with van der Waals surface area (Å²) >= 11 is 0. The van der Waals surface area contributed by atoms with Crippen molar-refractivity contribution in [2.24, 2.45) is 0 Å². The number of hydrogen-bond donors (Lipinski definition) is 0. The Kier molecular flexibility index (Phi) is 4.38. The van der Waals surface area contributed by atoms with Crippen LogP contribution in [0.4, 0.5) is 0 Å². The second kappa shape index (κ2) is 8.06. The molecule has 10 rings (SSSR count). The Morgan fingerprint density at radius 3 is 1.95 bits per heavy atom. The van der Waals surface area contributed by atoms with E-state index >= 15 is 0 Å². The number of pyridine rings is 1. The van der Waals surface area contributed by atoms with Crippen molar-refractivity contribution in [2.75, 3.05) is 0 Å². The summed E-state index contributed by atoms with van der Waals surface area (Å²) in [6.45, 7) is 4.65. The molecule has 7 aromatic rings. The second-order valence-electron chi connectivity index (χ2n) is 12.5. The van der Waals surface area contributed by atoms with Gasteiger partial charge in [-0.25, -0.2) is 0 Å². The molecule has 1 aromatic heterocycles. The van der Waals surface area contributed by atoms with E-state index in [9.17, 15) is 4.79 Å². The van der Waals surface area contributed by atoms with Crippen LogP contribution >= 0.6 is 0 Å². The number of para-hydroxylation sites is 4. The smallest absolute Gasteiger partial charge is 0.263 e. The molecule has 0 N–H and O–H groups in total. The van der Waals surface area contributed by atoms with Crippen LogP contribution in [0.3, 0.4) is 0 Å². The highest BCUT2D eigenvalue weighted by Gasteiger charge is 2.37. The molecule has 0 saturated heterocycles. The topological polar surface area (TPSA) is 31.3 Å². The molecule has 0 saturated carbocycles. The normalized spacial score (nSPS) is 14.0. The van der Waals surface area contributed by atoms with Crippen molar-refractivity contribution < 1.29 is 0 Å². The molecular formula is C40H27N3O. The summed E-state index contributed by atoms with van der Waals surface area (Å²) in [6, 6.07) is 45.0. The molecule has 4 heteroatoms. The number of fused-ring (bicyclic) bond motifs is 9. The SMILES string of the molecule is CC1(C)c2ccccc2-c2c(-n3c4cccc5c4-n(c4ccccc43)c3cccc4c6ccccc6c(=O)n5c43)cccc21. The van der Waals surface area contributed by atoms with E-state index < -0.39 is 0 Å². The van der Waals surface area contributed by atoms with Crippen LogP contribution in [0, 0.1) is 0 Å². The molecule has 3 aliphatic rings. The molecule has 0 atom stereocenters. The Morgan fingerprint density at radius 1 is 0.500 bits per heavy atom. The molecular weight excluding hydrogens is 538 g/mol. The van der Waals surface area contributed by atoms with Gasteiger partial charge in [-0.15, -0.1) is 0 Å². The van der Waals surface area contributed by atoms with Gasteiger partial charge in [0.1, 0.15) is 0 Å². The van der Waals surface area contributed by atoms with Gasteiger partial charge in [0.05, 0.1) is 44.5 Å². The van der Waals surface area contributed by atoms with E-state index in [1.54, 1.807) is 0 Å². The third-order valence-corrected chi connectivity index (χ3v) is 10.0. The van der Waals surface area contributed by atoms with Gasteiger partial charge in [0, 0.05) is 21.8 Å². The first-order valence-corrected chi connectivity index (χ1v) is 15.2. The first kappa shape index (κ1) is 23.9. The molecule has 1 aliphatic carbocycles. The fourth-order valence-corrected chi connectivity index (χ4v) is 8.15. The van der Waals surface area contributed by atoms with Gasteiger partial charge in [0.15, 0.2) is 0 Å². The Morgan fingerprint density at radius 2 is 1.09 bits per heavy atom. The van der Waals surface area contributed by atoms with Gasteiger partial charge >= 0.3 is 0 Å². The van der Waals surface area contributed by atoms with Crippen molar-refractivity contribution in [3.63, 3.8) is 0 Å². The fraction of sp³-hybridized carbons (Fsp3) is 0.0750. The number of nitrogens with zero attached hydrogens (tertiary/aromatic N) is 3. The van der Waals surface area contributed by atoms with Crippen molar-refractivity contribution >= 4 is 49.3 Å². The van der Waals surface area contributed by atoms with Crippen LogP contribution in [0.5, 0.6) is 0 Å². The number of aromatic nitrogens is 3. The van der Waals surface area contributed by atoms with E-state index in [1.165, 1.54) is 22.3 Å². The van der Waals surface area contributed by atoms with Gasteiger partial charge in [-0.1, -0.05) is 98.8 Å². The average Bonchev–Trinajstić information content (AvgIpc) is 3.30. The highest BCUT2D eigenvalue weighted by Crippen LogP contribution is 2.51. The van der Waals surface area contributed by atoms with Crippen LogP contribution in [0.25, 0.3) is 71.8 Å². The lowest BCUT2D eigenvalue weighted by Crippen LogP contribution is -2.21. The lowest BCUT2D eigenvalue weighted by Gasteiger charge is -2.28. The first-order chi connectivity index (χ1) is 21.6. The van der Waals surface area contributed by atoms with E-state index in [1.807, 2.05) is 22.6 Å². The maximum Gasteiger partial charge on any atom is 0.263 e. The highest BCUT2D eigenvalue weighted by molar-refractivity contribution is 6.14. The quantitative estimate of drug-likeness (QED) is 0.144. The molecule has 4 nitrogen and oxygen atoms in total. The summed E-state index contributed by atoms with van der Waals surface area (Å²) in [7, 11) is 0. The van der Waals surface area contributed by atoms with Gasteiger partial charge in [-0.3, -0.25) is 9.20 Å². The Bertz CT molecular complexity index is 2720. The predicted octanol–water partition coefficient (Wildman–Crippen LogP) is 9.24. The van der Waals surface area contributed by atoms with Gasteiger partial charge in [0.25, 0.3) is 5.56 Å². The Labute approximate surface area is 253 Å². The molecule has 0 bridgehead atoms. The fourth-order valence-electron chi connectivity index (χ4n) is 8.15. The zero-order chi connectivity index (χ0) is 29.3. The van der Waals surface area contributed by atoms with E-state index in [2.05, 4.69) is 132 Å². The van der Waals surface area contributed by atoms with Crippen molar-refractivity contribution in [3.8, 4) is 22.5 Å². The van der Waals surface area contributed by atoms with E-state index in [4.69, 9.17) is 0 Å². The van der Waals surface area contributed by atoms with Crippen LogP contribution < -0.4 is 5.56 Å². The van der Waals surface area contributed by atoms with Crippen molar-refractivity contribution in [2.45, 2.75) is 19.3 Å². The summed E-state index contributed by atoms with van der Waals surface area (Å²) in [5, 5.41) is 2.79. The minimum Gasteiger partial charge on any atom is -0.306 e. The Hall–Kier alpha value is -5.61. The molecule has 0 radical (unpaired) electrons. The standard InChI is InChI=1S/C40H27N3O/c1-40(2)28-16-6-5-14-27(28)36-29(40)17-10-20-32(36)41-30-18-7-8-19-31(30)42-33-21-9-15-25-24-12-3-4-13-26(24)39(44)43(37(25)33)35-23-11-22-34(41)38(35)42/h3-23H,1-2H3. The summed E-state index contributed by atoms with van der Waals surface area (Å²) in [5.41, 5.74) is 13.4. The average molecular weight is 566 g/mol. The largest absolute Gasteiger partial charge is 0.306 e. The van der Waals surface area contributed by atoms with Crippen molar-refractivity contribution in [1.82, 2.24) is 13.5 Å². The molecule has 0 fully saturated rings. The molecule has 208 valence electrons. The molecule has 3 heterocycles. The van der Waals surface area contributed by atoms with Crippen LogP contribution in [-0.4, -0.2) is 13.5 Å². The minimum absolute atomic E-state index is 0.00953. The number of benzene rings is 6. The zero-order valence-electron chi connectivity index (χ0n) is 24.4. The molecule has 6 aromatic carbocycles. The summed E-state index contributed by atoms with van der Waals surface area (Å²) in [4.78, 5) is 14.3. The van der Waals surface area contributed by atoms with Gasteiger partial charge in [-0.05, 0) is 64.5 Å². The molecule has 0 amide bonds. The highest BCUT2D eigenvalue weighted by atomic mass is 16.1. The van der Waals surface area contributed by atoms with E-state index in [-0.39, 0.29) is 11.0 Å². The minimum atomic E-state index is -0.109. The predicted molar refractivity (Wildman–Crippen MR) is 181 cm³/mol. The molecule has 0 unspecified atom stereocenters. The van der Waals surface area contributed by atoms with Crippen molar-refractivity contribution in [3.05, 3.63) is 149 Å². The molecule has 0 spiro atoms. The summed E-state index contributed by atoms with van der Waals surface area (Å²) in [5.74, 6) is 0. The van der Waals surface area contributed by atoms with Crippen LogP contribution in [0.15, 0.2) is 132 Å². The summed E-state index contributed by atoms with van der Waals surface area (Å²) in [6.07, 6.45) is 0. The summed E-state index contributed by atoms with van der Waals surface area (Å²) < 4.78 is 6.73. The van der Waals surface area contributed by atoms with Gasteiger partial charge in [0.2, 0.25) is 0 Å². The van der Waals surface area contributed by atoms with E-state index in [0.717, 1.165) is 60.6 Å². The van der Waals surface area contributed by atoms with Crippen LogP contribution in [0.2, 0.25) is 0 Å². The number of hydrogen-bond acceptors (Lipinski definition) is 1. The zero-order valence-corrected chi connectivity index (χ0v) is 24.4. The third kappa shape index (κ3) is 2.72. The molecule has 2 aliphatic heterocycles. The molecule has 44 heavy (non-hydrogen) atoms. The monoisotopic (exact) mass is 565 g/mol. The maximum absolute atomic E-state index is 14.3. The lowest BCUT2D eigenvalue weighted by atomic mass is 9.82. The van der Waals surface area contributed by atoms with Crippen LogP contribution in [0.1, 0.15) is 25.0 Å². The lowest BCUT2D eigenvalue weighted by molar-refractivity contribution is 0.660. The van der Waals surface area contributed by atoms with E-state index in [0.29, 0.717) is 0 Å².